The highest BCUT2D eigenvalue weighted by molar-refractivity contribution is 6.13. The molecule has 4 N–H and O–H groups in total. The first-order chi connectivity index (χ1) is 44.4. The van der Waals surface area contributed by atoms with Crippen LogP contribution in [0.15, 0.2) is 145 Å². The summed E-state index contributed by atoms with van der Waals surface area (Å²) in [7, 11) is 2.93. The third-order valence-electron chi connectivity index (χ3n) is 16.8. The second kappa shape index (κ2) is 27.6. The molecule has 92 heavy (non-hydrogen) atoms. The number of fused-ring (bicyclic) bond motifs is 6. The van der Waals surface area contributed by atoms with Crippen molar-refractivity contribution < 1.29 is 67.1 Å². The average molecular weight is 1250 g/mol. The van der Waals surface area contributed by atoms with E-state index >= 15 is 0 Å². The number of carbonyl (C=O) groups is 8. The smallest absolute Gasteiger partial charge is 0.416 e. The number of aliphatic imine (C=N–C) groups is 1. The van der Waals surface area contributed by atoms with E-state index in [9.17, 15) is 43.5 Å². The summed E-state index contributed by atoms with van der Waals surface area (Å²) in [6.07, 6.45) is 5.79. The van der Waals surface area contributed by atoms with Gasteiger partial charge in [0.2, 0.25) is 17.7 Å². The third-order valence-corrected chi connectivity index (χ3v) is 16.8. The molecule has 0 fully saturated rings. The molecule has 0 radical (unpaired) electrons. The number of methoxy groups -OCH3 is 2. The molecule has 8 amide bonds. The van der Waals surface area contributed by atoms with Crippen LogP contribution >= 0.6 is 0 Å². The Morgan fingerprint density at radius 1 is 0.685 bits per heavy atom. The van der Waals surface area contributed by atoms with Crippen LogP contribution in [-0.4, -0.2) is 130 Å². The molecule has 23 heteroatoms. The van der Waals surface area contributed by atoms with Gasteiger partial charge >= 0.3 is 6.09 Å². The van der Waals surface area contributed by atoms with Gasteiger partial charge in [-0.05, 0) is 115 Å². The Kier molecular flexibility index (Phi) is 18.9. The van der Waals surface area contributed by atoms with Gasteiger partial charge in [0.15, 0.2) is 29.2 Å². The van der Waals surface area contributed by atoms with Crippen LogP contribution in [0.3, 0.4) is 0 Å². The molecule has 5 aliphatic heterocycles. The lowest BCUT2D eigenvalue weighted by molar-refractivity contribution is -0.137. The van der Waals surface area contributed by atoms with E-state index in [1.807, 2.05) is 53.6 Å². The van der Waals surface area contributed by atoms with E-state index in [1.54, 1.807) is 66.6 Å². The number of aliphatic hydroxyl groups excluding tert-OH is 1. The minimum atomic E-state index is -1.60. The van der Waals surface area contributed by atoms with Crippen molar-refractivity contribution in [3.8, 4) is 23.0 Å². The van der Waals surface area contributed by atoms with E-state index in [1.165, 1.54) is 51.0 Å². The lowest BCUT2D eigenvalue weighted by atomic mass is 9.93. The molecule has 1 aromatic heterocycles. The number of rotatable bonds is 22. The van der Waals surface area contributed by atoms with Crippen LogP contribution in [0, 0.1) is 0 Å². The van der Waals surface area contributed by atoms with Crippen molar-refractivity contribution in [3.63, 3.8) is 0 Å². The number of anilines is 2. The fourth-order valence-corrected chi connectivity index (χ4v) is 11.8. The summed E-state index contributed by atoms with van der Waals surface area (Å²) in [5.74, 6) is -1.91. The first-order valence-corrected chi connectivity index (χ1v) is 30.2. The maximum absolute atomic E-state index is 14.8. The maximum Gasteiger partial charge on any atom is 0.416 e. The number of nitrogens with zero attached hydrogens (tertiary/aromatic N) is 6. The molecule has 5 aliphatic rings. The van der Waals surface area contributed by atoms with Gasteiger partial charge in [0.05, 0.1) is 54.5 Å². The first-order valence-electron chi connectivity index (χ1n) is 30.2. The molecule has 0 spiro atoms. The Bertz CT molecular complexity index is 3960. The zero-order valence-electron chi connectivity index (χ0n) is 51.2. The molecule has 0 aliphatic carbocycles. The normalized spacial score (nSPS) is 17.5. The van der Waals surface area contributed by atoms with Crippen LogP contribution in [0.5, 0.6) is 23.0 Å². The quantitative estimate of drug-likeness (QED) is 0.0290. The largest absolute Gasteiger partial charge is 0.493 e. The van der Waals surface area contributed by atoms with Crippen molar-refractivity contribution in [2.45, 2.75) is 116 Å². The van der Waals surface area contributed by atoms with Crippen molar-refractivity contribution in [3.05, 3.63) is 190 Å². The molecule has 0 saturated carbocycles. The van der Waals surface area contributed by atoms with Crippen molar-refractivity contribution in [1.29, 1.82) is 0 Å². The van der Waals surface area contributed by atoms with E-state index in [0.29, 0.717) is 83.1 Å². The van der Waals surface area contributed by atoms with Gasteiger partial charge in [-0.3, -0.25) is 48.4 Å². The fourth-order valence-electron chi connectivity index (χ4n) is 11.8. The molecule has 474 valence electrons. The van der Waals surface area contributed by atoms with Crippen LogP contribution in [0.2, 0.25) is 0 Å². The van der Waals surface area contributed by atoms with Gasteiger partial charge in [0.25, 0.3) is 23.6 Å². The van der Waals surface area contributed by atoms with E-state index in [0.717, 1.165) is 26.5 Å². The standard InChI is InChI=1S/C69H69N9O14/c1-40(2)63(74-60(79)17-7-6-12-26-75-61(80)22-23-62(75)81)65(83)72-41(3)64(82)73-48-20-18-42(19-21-48)37-92-69(87)78-54-33-59(57(89-5)31-52(54)67(85)77-36-47-16-11-9-14-45(47)29-55(77)68(78)86)90-38-43-24-25-70-49(27-43)39-91-58-32-53-51(30-56(58)88-4)66(84)76-35-46-15-10-8-13-44(46)28-50(76)34-71-53/h8-11,13-16,18-25,27,30-34,41,50,55,63,68,86H,1,6-7,12,17,26,28-29,35-39H2,2-5H3,(H,72,83)(H,73,82)(H,74,79)/t41-,50-,55?,63-,68?/m0/s1. The number of aromatic nitrogens is 1. The van der Waals surface area contributed by atoms with E-state index in [4.69, 9.17) is 28.7 Å². The van der Waals surface area contributed by atoms with Crippen molar-refractivity contribution in [2.24, 2.45) is 4.99 Å². The number of hydrogen-bond donors (Lipinski definition) is 4. The number of amides is 8. The van der Waals surface area contributed by atoms with Gasteiger partial charge in [-0.15, -0.1) is 0 Å². The lowest BCUT2D eigenvalue weighted by Gasteiger charge is -2.39. The Labute approximate surface area is 530 Å². The van der Waals surface area contributed by atoms with Gasteiger partial charge in [0, 0.05) is 68.4 Å². The van der Waals surface area contributed by atoms with Crippen LogP contribution in [0.1, 0.15) is 99.3 Å². The Morgan fingerprint density at radius 3 is 2.02 bits per heavy atom. The van der Waals surface area contributed by atoms with Crippen LogP contribution in [-0.2, 0) is 74.5 Å². The molecule has 0 bridgehead atoms. The average Bonchev–Trinajstić information content (AvgIpc) is 1.58. The summed E-state index contributed by atoms with van der Waals surface area (Å²) < 4.78 is 30.2. The SMILES string of the molecule is C=C(C)[C@H](NC(=O)CCCCCN1C(=O)C=CC1=O)C(=O)N[C@@H](C)C(=O)Nc1ccc(COC(=O)N2c3cc(OCc4ccnc(COc5cc6c(cc5OC)C(=O)N5Cc7ccccc7C[C@H]5C=N6)c4)c(OC)cc3C(=O)N3Cc4ccccc4CC3C2O)cc1. The molecule has 23 nitrogen and oxygen atoms in total. The Morgan fingerprint density at radius 2 is 1.33 bits per heavy atom. The van der Waals surface area contributed by atoms with Crippen LogP contribution in [0.25, 0.3) is 0 Å². The van der Waals surface area contributed by atoms with Gasteiger partial charge in [-0.25, -0.2) is 9.69 Å². The van der Waals surface area contributed by atoms with Crippen molar-refractivity contribution in [1.82, 2.24) is 30.3 Å². The van der Waals surface area contributed by atoms with Crippen LogP contribution in [0.4, 0.5) is 21.9 Å². The van der Waals surface area contributed by atoms with Gasteiger partial charge in [-0.2, -0.15) is 0 Å². The summed E-state index contributed by atoms with van der Waals surface area (Å²) in [4.78, 5) is 121. The van der Waals surface area contributed by atoms with Crippen LogP contribution < -0.4 is 39.8 Å². The number of unbranched alkanes of at least 4 members (excludes halogenated alkanes) is 2. The van der Waals surface area contributed by atoms with Gasteiger partial charge in [0.1, 0.15) is 31.9 Å². The molecule has 5 aromatic carbocycles. The highest BCUT2D eigenvalue weighted by atomic mass is 16.6. The van der Waals surface area contributed by atoms with E-state index < -0.39 is 54.1 Å². The number of ether oxygens (including phenoxy) is 5. The molecular weight excluding hydrogens is 1180 g/mol. The predicted octanol–water partition coefficient (Wildman–Crippen LogP) is 7.57. The molecule has 6 heterocycles. The molecule has 5 atom stereocenters. The lowest BCUT2D eigenvalue weighted by Crippen LogP contribution is -2.55. The second-order valence-corrected chi connectivity index (χ2v) is 23.1. The fraction of sp³-hybridized carbons (Fsp3) is 0.304. The number of imide groups is 1. The first kappa shape index (κ1) is 62.9. The third kappa shape index (κ3) is 13.7. The highest BCUT2D eigenvalue weighted by Crippen LogP contribution is 2.43. The summed E-state index contributed by atoms with van der Waals surface area (Å²) in [5.41, 5.74) is 7.44. The number of benzene rings is 5. The minimum Gasteiger partial charge on any atom is -0.493 e. The molecule has 2 unspecified atom stereocenters. The topological polar surface area (TPSA) is 277 Å². The zero-order valence-corrected chi connectivity index (χ0v) is 51.2. The summed E-state index contributed by atoms with van der Waals surface area (Å²) >= 11 is 0. The second-order valence-electron chi connectivity index (χ2n) is 23.1. The summed E-state index contributed by atoms with van der Waals surface area (Å²) in [6, 6.07) is 28.7. The molecule has 11 rings (SSSR count). The van der Waals surface area contributed by atoms with E-state index in [2.05, 4.69) is 33.6 Å². The summed E-state index contributed by atoms with van der Waals surface area (Å²) in [6.45, 7) is 7.47. The van der Waals surface area contributed by atoms with Gasteiger partial charge < -0.3 is 54.5 Å². The number of nitrogens with one attached hydrogen (secondary N) is 3. The number of aliphatic hydroxyl groups is 1. The zero-order chi connectivity index (χ0) is 64.7. The maximum atomic E-state index is 14.8. The van der Waals surface area contributed by atoms with Gasteiger partial charge in [-0.1, -0.05) is 73.7 Å². The minimum absolute atomic E-state index is 0.00890. The number of pyridine rings is 1. The summed E-state index contributed by atoms with van der Waals surface area (Å²) in [5, 5.41) is 20.4. The molecular formula is C69H69N9O14. The Balaban J connectivity index is 0.733. The number of carbonyl (C=O) groups excluding carboxylic acids is 8. The van der Waals surface area contributed by atoms with Crippen molar-refractivity contribution in [2.75, 3.05) is 31.0 Å². The predicted molar refractivity (Wildman–Crippen MR) is 337 cm³/mol. The highest BCUT2D eigenvalue weighted by Gasteiger charge is 2.46. The monoisotopic (exact) mass is 1250 g/mol. The van der Waals surface area contributed by atoms with E-state index in [-0.39, 0.29) is 92.3 Å². The number of hydrogen-bond acceptors (Lipinski definition) is 16. The molecule has 0 saturated heterocycles. The molecule has 6 aromatic rings. The Hall–Kier alpha value is -10.7. The van der Waals surface area contributed by atoms with Crippen molar-refractivity contribution >= 4 is 70.7 Å².